The average Bonchev–Trinajstić information content (AvgIpc) is 1.36. The maximum atomic E-state index is 13.0. The molecule has 2 aliphatic heterocycles. The van der Waals surface area contributed by atoms with Gasteiger partial charge in [-0.05, 0) is 155 Å². The van der Waals surface area contributed by atoms with Gasteiger partial charge in [-0.2, -0.15) is 26.3 Å². The highest BCUT2D eigenvalue weighted by atomic mass is 35.5. The van der Waals surface area contributed by atoms with E-state index in [-0.39, 0.29) is 73.7 Å². The number of hydrogen-bond acceptors (Lipinski definition) is 16. The Hall–Kier alpha value is -10.5. The minimum absolute atomic E-state index is 0.00282. The van der Waals surface area contributed by atoms with Crippen molar-refractivity contribution >= 4 is 93.1 Å². The Kier molecular flexibility index (Phi) is 21.8. The third kappa shape index (κ3) is 18.8. The minimum Gasteiger partial charge on any atom is -0.349 e. The molecule has 0 atom stereocenters. The fourth-order valence-electron chi connectivity index (χ4n) is 9.42. The lowest BCUT2D eigenvalue weighted by Crippen LogP contribution is -2.33. The van der Waals surface area contributed by atoms with Crippen molar-refractivity contribution < 1.29 is 55.1 Å². The monoisotopic (exact) mass is 1280 g/mol. The van der Waals surface area contributed by atoms with Crippen LogP contribution in [0.4, 0.5) is 72.4 Å². The van der Waals surface area contributed by atoms with Crippen LogP contribution in [0, 0.1) is 6.92 Å². The first-order valence-corrected chi connectivity index (χ1v) is 29.1. The predicted octanol–water partition coefficient (Wildman–Crippen LogP) is 10.9. The molecule has 92 heavy (non-hydrogen) atoms. The molecule has 0 saturated carbocycles. The number of aromatic nitrogens is 6. The van der Waals surface area contributed by atoms with E-state index in [0.29, 0.717) is 41.4 Å². The Labute approximate surface area is 527 Å². The molecule has 0 unspecified atom stereocenters. The van der Waals surface area contributed by atoms with Crippen molar-refractivity contribution in [1.82, 2.24) is 50.3 Å². The van der Waals surface area contributed by atoms with Crippen LogP contribution in [0.1, 0.15) is 105 Å². The van der Waals surface area contributed by atoms with Gasteiger partial charge in [-0.25, -0.2) is 29.9 Å². The summed E-state index contributed by atoms with van der Waals surface area (Å²) in [6, 6.07) is 23.2. The van der Waals surface area contributed by atoms with E-state index in [0.717, 1.165) is 75.7 Å². The van der Waals surface area contributed by atoms with Crippen LogP contribution < -0.4 is 42.5 Å². The third-order valence-corrected chi connectivity index (χ3v) is 14.6. The smallest absolute Gasteiger partial charge is 0.349 e. The summed E-state index contributed by atoms with van der Waals surface area (Å²) in [5.74, 6) is -2.75. The molecule has 29 heteroatoms. The molecular weight excluding hydrogens is 1230 g/mol. The zero-order chi connectivity index (χ0) is 65.4. The Morgan fingerprint density at radius 1 is 0.435 bits per heavy atom. The number of carbonyl (C=O) groups is 6. The summed E-state index contributed by atoms with van der Waals surface area (Å²) < 4.78 is 78.2. The van der Waals surface area contributed by atoms with Gasteiger partial charge in [-0.3, -0.25) is 28.8 Å². The van der Waals surface area contributed by atoms with E-state index in [9.17, 15) is 55.1 Å². The Balaban J connectivity index is 0.000000217. The molecule has 22 nitrogen and oxygen atoms in total. The molecule has 8 aromatic rings. The van der Waals surface area contributed by atoms with Crippen molar-refractivity contribution in [3.05, 3.63) is 202 Å². The van der Waals surface area contributed by atoms with E-state index < -0.39 is 47.1 Å². The maximum absolute atomic E-state index is 13.0. The first kappa shape index (κ1) is 66.0. The number of likely N-dealkylation sites (tertiary alicyclic amines) is 2. The molecule has 10 rings (SSSR count). The number of benzene rings is 4. The highest BCUT2D eigenvalue weighted by molar-refractivity contribution is 6.34. The van der Waals surface area contributed by atoms with Crippen LogP contribution >= 0.6 is 11.6 Å². The predicted molar refractivity (Wildman–Crippen MR) is 332 cm³/mol. The summed E-state index contributed by atoms with van der Waals surface area (Å²) in [4.78, 5) is 106. The number of pyridine rings is 2. The van der Waals surface area contributed by atoms with Gasteiger partial charge >= 0.3 is 12.4 Å². The van der Waals surface area contributed by atoms with Crippen molar-refractivity contribution in [2.45, 2.75) is 45.0 Å². The summed E-state index contributed by atoms with van der Waals surface area (Å²) in [6.07, 6.45) is 4.08. The quantitative estimate of drug-likeness (QED) is 0.0329. The van der Waals surface area contributed by atoms with E-state index in [4.69, 9.17) is 11.6 Å². The highest BCUT2D eigenvalue weighted by Crippen LogP contribution is 2.32. The zero-order valence-corrected chi connectivity index (χ0v) is 49.8. The molecule has 2 saturated heterocycles. The van der Waals surface area contributed by atoms with Crippen molar-refractivity contribution in [2.75, 3.05) is 84.3 Å². The summed E-state index contributed by atoms with van der Waals surface area (Å²) >= 11 is 6.21. The number of rotatable bonds is 20. The molecule has 4 aromatic carbocycles. The van der Waals surface area contributed by atoms with E-state index in [2.05, 4.69) is 82.2 Å². The van der Waals surface area contributed by atoms with E-state index in [1.165, 1.54) is 99.3 Å². The fourth-order valence-corrected chi connectivity index (χ4v) is 9.63. The fraction of sp³-hybridized carbons (Fsp3) is 0.238. The zero-order valence-electron chi connectivity index (χ0n) is 49.0. The van der Waals surface area contributed by atoms with Crippen molar-refractivity contribution in [1.29, 1.82) is 0 Å². The van der Waals surface area contributed by atoms with E-state index in [1.807, 2.05) is 0 Å². The van der Waals surface area contributed by atoms with Crippen LogP contribution in [-0.4, -0.2) is 128 Å². The molecule has 6 amide bonds. The molecule has 0 aliphatic carbocycles. The number of amides is 6. The van der Waals surface area contributed by atoms with Crippen LogP contribution in [0.25, 0.3) is 0 Å². The van der Waals surface area contributed by atoms with Gasteiger partial charge in [0.05, 0.1) is 81.6 Å². The number of nitrogens with one attached hydrogen (secondary N) is 8. The molecule has 476 valence electrons. The second-order valence-corrected chi connectivity index (χ2v) is 21.4. The second kappa shape index (κ2) is 30.4. The lowest BCUT2D eigenvalue weighted by atomic mass is 10.1. The largest absolute Gasteiger partial charge is 0.416 e. The Bertz CT molecular complexity index is 3680. The number of halogens is 7. The maximum Gasteiger partial charge on any atom is 0.416 e. The number of hydrogen-bond donors (Lipinski definition) is 8. The van der Waals surface area contributed by atoms with Crippen LogP contribution in [0.2, 0.25) is 5.02 Å². The average molecular weight is 1290 g/mol. The number of aryl methyl sites for hydroxylation is 1. The standard InChI is InChI=1S/C32H31F3N8O3.C31H28ClF3N8O3/c1-20-7-8-23(40-28(44)21-5-4-6-22(15-21)32(33,34)35)16-26(20)29(45)41-25-18-38-31(39-19-25)42-24-9-10-27(37-17-24)30(46)36-11-14-43-12-2-3-13-43;32-25-8-6-21(40-27(44)19-4-3-5-20(14-19)31(33,34)35)15-24(25)28(45)41-23-17-38-30(39-18-23)42-22-7-9-26(37-16-22)29(46)36-10-13-43-11-1-2-12-43/h4-10,15-19H,2-3,11-14H2,1H3,(H,36,46)(H,40,44)(H,41,45)(H,38,39,42);3-9,14-18H,1-2,10-13H2,(H,36,46)(H,40,44)(H,41,45)(H,38,39,42). The van der Waals surface area contributed by atoms with Crippen molar-refractivity contribution in [3.8, 4) is 0 Å². The van der Waals surface area contributed by atoms with E-state index in [1.54, 1.807) is 43.3 Å². The van der Waals surface area contributed by atoms with Crippen LogP contribution in [0.5, 0.6) is 0 Å². The van der Waals surface area contributed by atoms with Gasteiger partial charge in [-0.1, -0.05) is 29.8 Å². The van der Waals surface area contributed by atoms with Crippen molar-refractivity contribution in [2.24, 2.45) is 0 Å². The Morgan fingerprint density at radius 2 is 0.815 bits per heavy atom. The molecule has 0 bridgehead atoms. The third-order valence-electron chi connectivity index (χ3n) is 14.3. The normalized spacial score (nSPS) is 13.2. The van der Waals surface area contributed by atoms with Gasteiger partial charge in [0.1, 0.15) is 11.4 Å². The summed E-state index contributed by atoms with van der Waals surface area (Å²) in [5, 5.41) is 22.1. The summed E-state index contributed by atoms with van der Waals surface area (Å²) in [5.41, 5.74) is 1.14. The summed E-state index contributed by atoms with van der Waals surface area (Å²) in [7, 11) is 0. The van der Waals surface area contributed by atoms with Crippen LogP contribution in [0.3, 0.4) is 0 Å². The van der Waals surface area contributed by atoms with Crippen LogP contribution in [-0.2, 0) is 12.4 Å². The molecule has 8 N–H and O–H groups in total. The topological polar surface area (TPSA) is 282 Å². The number of anilines is 8. The molecule has 4 aromatic heterocycles. The Morgan fingerprint density at radius 3 is 1.23 bits per heavy atom. The lowest BCUT2D eigenvalue weighted by Gasteiger charge is -2.14. The summed E-state index contributed by atoms with van der Waals surface area (Å²) in [6.45, 7) is 8.69. The highest BCUT2D eigenvalue weighted by Gasteiger charge is 2.32. The first-order valence-electron chi connectivity index (χ1n) is 28.7. The van der Waals surface area contributed by atoms with E-state index >= 15 is 0 Å². The van der Waals surface area contributed by atoms with Gasteiger partial charge in [0.2, 0.25) is 11.9 Å². The number of alkyl halides is 6. The second-order valence-electron chi connectivity index (χ2n) is 21.0. The SMILES string of the molecule is Cc1ccc(NC(=O)c2cccc(C(F)(F)F)c2)cc1C(=O)Nc1cnc(Nc2ccc(C(=O)NCCN3CCCC3)nc2)nc1.O=C(Nc1ccc(Cl)c(C(=O)Nc2cnc(Nc3ccc(C(=O)NCCN4CCCC4)nc3)nc2)c1)c1cccc(C(F)(F)F)c1. The minimum atomic E-state index is -4.60. The molecule has 2 aliphatic rings. The van der Waals surface area contributed by atoms with Crippen molar-refractivity contribution in [3.63, 3.8) is 0 Å². The van der Waals surface area contributed by atoms with Gasteiger partial charge in [0, 0.05) is 54.2 Å². The van der Waals surface area contributed by atoms with Gasteiger partial charge in [0.15, 0.2) is 0 Å². The van der Waals surface area contributed by atoms with Gasteiger partial charge in [-0.15, -0.1) is 0 Å². The molecule has 0 spiro atoms. The molecular formula is C63H59ClF6N16O6. The lowest BCUT2D eigenvalue weighted by molar-refractivity contribution is -0.138. The van der Waals surface area contributed by atoms with Crippen LogP contribution in [0.15, 0.2) is 146 Å². The number of nitrogens with zero attached hydrogens (tertiary/aromatic N) is 8. The number of carbonyl (C=O) groups excluding carboxylic acids is 6. The molecule has 2 fully saturated rings. The van der Waals surface area contributed by atoms with Gasteiger partial charge in [0.25, 0.3) is 35.4 Å². The molecule has 0 radical (unpaired) electrons. The molecule has 6 heterocycles. The first-order chi connectivity index (χ1) is 44.1. The van der Waals surface area contributed by atoms with Gasteiger partial charge < -0.3 is 52.3 Å².